The van der Waals surface area contributed by atoms with Gasteiger partial charge in [-0.1, -0.05) is 12.1 Å². The van der Waals surface area contributed by atoms with Crippen LogP contribution in [0.4, 0.5) is 0 Å². The van der Waals surface area contributed by atoms with Crippen molar-refractivity contribution in [2.24, 2.45) is 0 Å². The van der Waals surface area contributed by atoms with Crippen molar-refractivity contribution in [2.75, 3.05) is 7.11 Å². The third-order valence-corrected chi connectivity index (χ3v) is 4.11. The zero-order chi connectivity index (χ0) is 14.5. The van der Waals surface area contributed by atoms with Gasteiger partial charge in [-0.05, 0) is 24.6 Å². The summed E-state index contributed by atoms with van der Waals surface area (Å²) in [7, 11) is 1.59. The lowest BCUT2D eigenvalue weighted by molar-refractivity contribution is -0.121. The summed E-state index contributed by atoms with van der Waals surface area (Å²) in [6.07, 6.45) is 1.76. The Morgan fingerprint density at radius 1 is 1.45 bits per heavy atom. The van der Waals surface area contributed by atoms with Gasteiger partial charge in [-0.3, -0.25) is 4.79 Å². The van der Waals surface area contributed by atoms with Gasteiger partial charge < -0.3 is 10.1 Å². The van der Waals surface area contributed by atoms with Crippen LogP contribution < -0.4 is 10.1 Å². The molecule has 1 heterocycles. The van der Waals surface area contributed by atoms with Gasteiger partial charge >= 0.3 is 0 Å². The average molecular weight is 311 g/mol. The Kier molecular flexibility index (Phi) is 4.98. The Morgan fingerprint density at radius 2 is 2.15 bits per heavy atom. The minimum atomic E-state index is -0.713. The summed E-state index contributed by atoms with van der Waals surface area (Å²) in [4.78, 5) is 17.1. The van der Waals surface area contributed by atoms with Gasteiger partial charge in [-0.15, -0.1) is 22.9 Å². The minimum Gasteiger partial charge on any atom is -0.497 e. The predicted molar refractivity (Wildman–Crippen MR) is 80.3 cm³/mol. The predicted octanol–water partition coefficient (Wildman–Crippen LogP) is 3.06. The lowest BCUT2D eigenvalue weighted by atomic mass is 10.1. The molecule has 0 saturated heterocycles. The molecule has 0 aliphatic heterocycles. The first kappa shape index (κ1) is 14.8. The van der Waals surface area contributed by atoms with Gasteiger partial charge in [0.05, 0.1) is 18.7 Å². The van der Waals surface area contributed by atoms with Crippen LogP contribution in [0.25, 0.3) is 0 Å². The van der Waals surface area contributed by atoms with Gasteiger partial charge in [-0.2, -0.15) is 0 Å². The van der Waals surface area contributed by atoms with Gasteiger partial charge in [0, 0.05) is 11.1 Å². The highest BCUT2D eigenvalue weighted by molar-refractivity contribution is 7.11. The number of benzene rings is 1. The van der Waals surface area contributed by atoms with Gasteiger partial charge in [0.15, 0.2) is 0 Å². The number of carbonyl (C=O) groups is 1. The summed E-state index contributed by atoms with van der Waals surface area (Å²) >= 11 is 7.72. The van der Waals surface area contributed by atoms with Crippen molar-refractivity contribution in [2.45, 2.75) is 18.8 Å². The second-order valence-corrected chi connectivity index (χ2v) is 5.95. The molecule has 0 fully saturated rings. The molecular formula is C14H15ClN2O2S. The number of alkyl halides is 1. The van der Waals surface area contributed by atoms with Gasteiger partial charge in [0.1, 0.15) is 11.1 Å². The number of nitrogens with zero attached hydrogens (tertiary/aromatic N) is 1. The van der Waals surface area contributed by atoms with Crippen molar-refractivity contribution < 1.29 is 9.53 Å². The van der Waals surface area contributed by atoms with E-state index in [0.29, 0.717) is 6.54 Å². The standard InChI is InChI=1S/C14H15ClN2O2S/c1-9-16-7-12(20-9)8-17-14(18)13(15)10-3-5-11(19-2)6-4-10/h3-7,13H,8H2,1-2H3,(H,17,18). The number of carbonyl (C=O) groups excluding carboxylic acids is 1. The van der Waals surface area contributed by atoms with Crippen molar-refractivity contribution in [1.82, 2.24) is 10.3 Å². The second-order valence-electron chi connectivity index (χ2n) is 4.20. The van der Waals surface area contributed by atoms with E-state index in [9.17, 15) is 4.79 Å². The SMILES string of the molecule is COc1ccc(C(Cl)C(=O)NCc2cnc(C)s2)cc1. The highest BCUT2D eigenvalue weighted by Crippen LogP contribution is 2.23. The number of rotatable bonds is 5. The Balaban J connectivity index is 1.93. The molecule has 1 N–H and O–H groups in total. The smallest absolute Gasteiger partial charge is 0.242 e. The van der Waals surface area contributed by atoms with E-state index in [-0.39, 0.29) is 5.91 Å². The maximum Gasteiger partial charge on any atom is 0.242 e. The average Bonchev–Trinajstić information content (AvgIpc) is 2.89. The van der Waals surface area contributed by atoms with Crippen molar-refractivity contribution in [3.8, 4) is 5.75 Å². The van der Waals surface area contributed by atoms with Gasteiger partial charge in [0.25, 0.3) is 0 Å². The van der Waals surface area contributed by atoms with E-state index in [0.717, 1.165) is 21.2 Å². The number of methoxy groups -OCH3 is 1. The first-order valence-corrected chi connectivity index (χ1v) is 7.32. The quantitative estimate of drug-likeness (QED) is 0.864. The molecule has 2 aromatic rings. The first-order valence-electron chi connectivity index (χ1n) is 6.07. The zero-order valence-corrected chi connectivity index (χ0v) is 12.8. The fourth-order valence-corrected chi connectivity index (χ4v) is 2.63. The highest BCUT2D eigenvalue weighted by atomic mass is 35.5. The van der Waals surface area contributed by atoms with E-state index < -0.39 is 5.38 Å². The summed E-state index contributed by atoms with van der Waals surface area (Å²) < 4.78 is 5.07. The number of amides is 1. The molecule has 4 nitrogen and oxygen atoms in total. The fourth-order valence-electron chi connectivity index (χ4n) is 1.68. The van der Waals surface area contributed by atoms with Crippen molar-refractivity contribution >= 4 is 28.8 Å². The van der Waals surface area contributed by atoms with Crippen LogP contribution in [0.1, 0.15) is 20.8 Å². The summed E-state index contributed by atoms with van der Waals surface area (Å²) in [6, 6.07) is 7.13. The van der Waals surface area contributed by atoms with E-state index >= 15 is 0 Å². The Hall–Kier alpha value is -1.59. The van der Waals surface area contributed by atoms with Crippen LogP contribution in [-0.4, -0.2) is 18.0 Å². The maximum absolute atomic E-state index is 12.0. The summed E-state index contributed by atoms with van der Waals surface area (Å²) in [5, 5.41) is 3.07. The monoisotopic (exact) mass is 310 g/mol. The molecule has 1 unspecified atom stereocenters. The first-order chi connectivity index (χ1) is 9.60. The minimum absolute atomic E-state index is 0.220. The van der Waals surface area contributed by atoms with Crippen molar-refractivity contribution in [3.05, 3.63) is 45.9 Å². The van der Waals surface area contributed by atoms with E-state index in [1.54, 1.807) is 48.9 Å². The summed E-state index contributed by atoms with van der Waals surface area (Å²) in [5.41, 5.74) is 0.741. The number of thiazole rings is 1. The number of hydrogen-bond acceptors (Lipinski definition) is 4. The molecule has 1 aromatic carbocycles. The topological polar surface area (TPSA) is 51.2 Å². The highest BCUT2D eigenvalue weighted by Gasteiger charge is 2.17. The molecule has 0 saturated carbocycles. The summed E-state index contributed by atoms with van der Waals surface area (Å²) in [6.45, 7) is 2.38. The number of aryl methyl sites for hydroxylation is 1. The molecule has 0 aliphatic carbocycles. The number of ether oxygens (including phenoxy) is 1. The molecule has 6 heteroatoms. The molecular weight excluding hydrogens is 296 g/mol. The Labute approximate surface area is 126 Å². The third kappa shape index (κ3) is 3.71. The van der Waals surface area contributed by atoms with Crippen LogP contribution in [-0.2, 0) is 11.3 Å². The lowest BCUT2D eigenvalue weighted by Gasteiger charge is -2.10. The van der Waals surface area contributed by atoms with Crippen LogP contribution in [0.3, 0.4) is 0 Å². The second kappa shape index (κ2) is 6.72. The number of aromatic nitrogens is 1. The van der Waals surface area contributed by atoms with Gasteiger partial charge in [-0.25, -0.2) is 4.98 Å². The van der Waals surface area contributed by atoms with E-state index in [4.69, 9.17) is 16.3 Å². The van der Waals surface area contributed by atoms with Crippen molar-refractivity contribution in [1.29, 1.82) is 0 Å². The largest absolute Gasteiger partial charge is 0.497 e. The van der Waals surface area contributed by atoms with Gasteiger partial charge in [0.2, 0.25) is 5.91 Å². The van der Waals surface area contributed by atoms with E-state index in [2.05, 4.69) is 10.3 Å². The normalized spacial score (nSPS) is 11.9. The molecule has 0 bridgehead atoms. The molecule has 106 valence electrons. The van der Waals surface area contributed by atoms with Crippen LogP contribution in [0, 0.1) is 6.92 Å². The van der Waals surface area contributed by atoms with E-state index in [1.807, 2.05) is 6.92 Å². The van der Waals surface area contributed by atoms with Crippen LogP contribution >= 0.6 is 22.9 Å². The number of hydrogen-bond donors (Lipinski definition) is 1. The third-order valence-electron chi connectivity index (χ3n) is 2.74. The lowest BCUT2D eigenvalue weighted by Crippen LogP contribution is -2.26. The van der Waals surface area contributed by atoms with Crippen LogP contribution in [0.5, 0.6) is 5.75 Å². The van der Waals surface area contributed by atoms with Crippen LogP contribution in [0.2, 0.25) is 0 Å². The molecule has 0 radical (unpaired) electrons. The fraction of sp³-hybridized carbons (Fsp3) is 0.286. The molecule has 0 aliphatic rings. The molecule has 2 rings (SSSR count). The number of nitrogens with one attached hydrogen (secondary N) is 1. The molecule has 1 amide bonds. The molecule has 1 aromatic heterocycles. The molecule has 0 spiro atoms. The van der Waals surface area contributed by atoms with Crippen molar-refractivity contribution in [3.63, 3.8) is 0 Å². The summed E-state index contributed by atoms with van der Waals surface area (Å²) in [5.74, 6) is 0.515. The maximum atomic E-state index is 12.0. The Morgan fingerprint density at radius 3 is 2.70 bits per heavy atom. The molecule has 20 heavy (non-hydrogen) atoms. The number of halogens is 1. The van der Waals surface area contributed by atoms with Crippen LogP contribution in [0.15, 0.2) is 30.5 Å². The van der Waals surface area contributed by atoms with E-state index in [1.165, 1.54) is 0 Å². The molecule has 1 atom stereocenters. The Bertz CT molecular complexity index is 583. The zero-order valence-electron chi connectivity index (χ0n) is 11.2.